The third-order valence-electron chi connectivity index (χ3n) is 1.90. The normalized spacial score (nSPS) is 15.6. The van der Waals surface area contributed by atoms with Gasteiger partial charge in [0.05, 0.1) is 9.65 Å². The van der Waals surface area contributed by atoms with Crippen LogP contribution in [-0.2, 0) is 4.79 Å². The van der Waals surface area contributed by atoms with Crippen LogP contribution in [0.4, 0.5) is 13.2 Å². The summed E-state index contributed by atoms with van der Waals surface area (Å²) in [6.07, 6.45) is -4.82. The van der Waals surface area contributed by atoms with E-state index in [-0.39, 0.29) is 0 Å². The largest absolute Gasteiger partial charge is 0.451 e. The lowest BCUT2D eigenvalue weighted by atomic mass is 10.1. The van der Waals surface area contributed by atoms with Gasteiger partial charge in [-0.15, -0.1) is 0 Å². The molecule has 1 aromatic rings. The van der Waals surface area contributed by atoms with Gasteiger partial charge in [-0.25, -0.2) is 0 Å². The van der Waals surface area contributed by atoms with Crippen molar-refractivity contribution in [3.8, 4) is 0 Å². The van der Waals surface area contributed by atoms with Crippen LogP contribution in [0.2, 0.25) is 0 Å². The Bertz CT molecular complexity index is 364. The minimum absolute atomic E-state index is 0.613. The summed E-state index contributed by atoms with van der Waals surface area (Å²) in [7, 11) is 0. The number of hydrogen-bond donors (Lipinski definition) is 0. The Labute approximate surface area is 107 Å². The van der Waals surface area contributed by atoms with Crippen molar-refractivity contribution in [1.29, 1.82) is 0 Å². The van der Waals surface area contributed by atoms with E-state index >= 15 is 0 Å². The fourth-order valence-electron chi connectivity index (χ4n) is 1.10. The van der Waals surface area contributed by atoms with Gasteiger partial charge in [-0.2, -0.15) is 13.2 Å². The Morgan fingerprint density at radius 3 is 2.06 bits per heavy atom. The van der Waals surface area contributed by atoms with Gasteiger partial charge in [0.15, 0.2) is 0 Å². The van der Waals surface area contributed by atoms with Gasteiger partial charge < -0.3 is 0 Å². The molecule has 0 saturated carbocycles. The maximum Gasteiger partial charge on any atom is 0.451 e. The Hall–Kier alpha value is -0.360. The highest BCUT2D eigenvalue weighted by molar-refractivity contribution is 9.12. The molecule has 0 amide bonds. The van der Waals surface area contributed by atoms with Gasteiger partial charge in [-0.3, -0.25) is 4.79 Å². The van der Waals surface area contributed by atoms with Gasteiger partial charge >= 0.3 is 6.18 Å². The van der Waals surface area contributed by atoms with E-state index in [1.54, 1.807) is 30.3 Å². The molecule has 0 N–H and O–H groups in total. The van der Waals surface area contributed by atoms with E-state index < -0.39 is 21.6 Å². The van der Waals surface area contributed by atoms with Gasteiger partial charge in [-0.05, 0) is 5.56 Å². The molecule has 0 aliphatic heterocycles. The van der Waals surface area contributed by atoms with E-state index in [1.165, 1.54) is 0 Å². The van der Waals surface area contributed by atoms with E-state index in [9.17, 15) is 18.0 Å². The molecule has 0 aromatic heterocycles. The third kappa shape index (κ3) is 3.31. The molecule has 2 unspecified atom stereocenters. The molecule has 0 aliphatic rings. The molecule has 0 heterocycles. The summed E-state index contributed by atoms with van der Waals surface area (Å²) >= 11 is 5.84. The van der Waals surface area contributed by atoms with Crippen LogP contribution in [0.1, 0.15) is 10.4 Å². The second kappa shape index (κ2) is 5.31. The molecule has 0 fully saturated rings. The fourth-order valence-corrected chi connectivity index (χ4v) is 2.21. The molecule has 88 valence electrons. The van der Waals surface area contributed by atoms with Crippen molar-refractivity contribution in [2.75, 3.05) is 0 Å². The van der Waals surface area contributed by atoms with Crippen LogP contribution >= 0.6 is 31.9 Å². The molecule has 6 heteroatoms. The van der Waals surface area contributed by atoms with Gasteiger partial charge in [0.1, 0.15) is 0 Å². The highest BCUT2D eigenvalue weighted by atomic mass is 79.9. The highest BCUT2D eigenvalue weighted by Gasteiger charge is 2.44. The summed E-state index contributed by atoms with van der Waals surface area (Å²) in [5.74, 6) is -1.79. The van der Waals surface area contributed by atoms with E-state index in [4.69, 9.17) is 0 Å². The Morgan fingerprint density at radius 1 is 1.12 bits per heavy atom. The Morgan fingerprint density at radius 2 is 1.62 bits per heavy atom. The van der Waals surface area contributed by atoms with Crippen LogP contribution < -0.4 is 0 Å². The lowest BCUT2D eigenvalue weighted by molar-refractivity contribution is -0.170. The first kappa shape index (κ1) is 13.7. The van der Waals surface area contributed by atoms with Gasteiger partial charge in [-0.1, -0.05) is 62.2 Å². The predicted molar refractivity (Wildman–Crippen MR) is 61.9 cm³/mol. The van der Waals surface area contributed by atoms with Crippen molar-refractivity contribution in [2.45, 2.75) is 15.8 Å². The first-order valence-electron chi connectivity index (χ1n) is 4.28. The molecule has 0 bridgehead atoms. The number of Topliss-reactive ketones (excluding diaryl/α,β-unsaturated/α-hetero) is 1. The number of hydrogen-bond acceptors (Lipinski definition) is 1. The zero-order valence-corrected chi connectivity index (χ0v) is 11.0. The van der Waals surface area contributed by atoms with Gasteiger partial charge in [0, 0.05) is 0 Å². The topological polar surface area (TPSA) is 17.1 Å². The molecule has 1 rings (SSSR count). The van der Waals surface area contributed by atoms with Crippen molar-refractivity contribution >= 4 is 37.6 Å². The van der Waals surface area contributed by atoms with Crippen molar-refractivity contribution < 1.29 is 18.0 Å². The number of alkyl halides is 5. The highest BCUT2D eigenvalue weighted by Crippen LogP contribution is 2.35. The molecule has 1 aromatic carbocycles. The summed E-state index contributed by atoms with van der Waals surface area (Å²) in [5.41, 5.74) is 0.613. The molecule has 2 atom stereocenters. The van der Waals surface area contributed by atoms with Crippen LogP contribution in [-0.4, -0.2) is 16.8 Å². The van der Waals surface area contributed by atoms with Gasteiger partial charge in [0.2, 0.25) is 0 Å². The van der Waals surface area contributed by atoms with Crippen molar-refractivity contribution in [3.63, 3.8) is 0 Å². The lowest BCUT2D eigenvalue weighted by Gasteiger charge is -2.17. The molecule has 0 saturated heterocycles. The third-order valence-corrected chi connectivity index (χ3v) is 4.62. The number of rotatable bonds is 3. The number of halogens is 5. The second-order valence-electron chi connectivity index (χ2n) is 3.08. The SMILES string of the molecule is O=C(C(Br)C(Br)c1ccccc1)C(F)(F)F. The summed E-state index contributed by atoms with van der Waals surface area (Å²) in [4.78, 5) is 8.95. The average Bonchev–Trinajstić information content (AvgIpc) is 2.26. The predicted octanol–water partition coefficient (Wildman–Crippen LogP) is 4.02. The van der Waals surface area contributed by atoms with Crippen LogP contribution in [0, 0.1) is 0 Å². The first-order valence-corrected chi connectivity index (χ1v) is 6.11. The van der Waals surface area contributed by atoms with Crippen molar-refractivity contribution in [3.05, 3.63) is 35.9 Å². The van der Waals surface area contributed by atoms with Crippen molar-refractivity contribution in [1.82, 2.24) is 0 Å². The summed E-state index contributed by atoms with van der Waals surface area (Å²) in [5, 5.41) is 0. The monoisotopic (exact) mass is 358 g/mol. The average molecular weight is 360 g/mol. The van der Waals surface area contributed by atoms with Crippen molar-refractivity contribution in [2.24, 2.45) is 0 Å². The number of carbonyl (C=O) groups is 1. The van der Waals surface area contributed by atoms with E-state index in [0.29, 0.717) is 5.56 Å². The molecule has 16 heavy (non-hydrogen) atoms. The zero-order chi connectivity index (χ0) is 12.3. The van der Waals surface area contributed by atoms with Crippen LogP contribution in [0.3, 0.4) is 0 Å². The standard InChI is InChI=1S/C10H7Br2F3O/c11-7(6-4-2-1-3-5-6)8(12)9(16)10(13,14)15/h1-5,7-8H. The second-order valence-corrected chi connectivity index (χ2v) is 5.05. The summed E-state index contributed by atoms with van der Waals surface area (Å²) < 4.78 is 36.5. The Kier molecular flexibility index (Phi) is 4.55. The van der Waals surface area contributed by atoms with Crippen LogP contribution in [0.5, 0.6) is 0 Å². The molecular weight excluding hydrogens is 353 g/mol. The summed E-state index contributed by atoms with van der Waals surface area (Å²) in [6.45, 7) is 0. The minimum Gasteiger partial charge on any atom is -0.288 e. The zero-order valence-electron chi connectivity index (χ0n) is 7.84. The first-order chi connectivity index (χ1) is 7.34. The number of ketones is 1. The molecule has 0 aliphatic carbocycles. The lowest BCUT2D eigenvalue weighted by Crippen LogP contribution is -2.33. The molecular formula is C10H7Br2F3O. The molecule has 1 nitrogen and oxygen atoms in total. The van der Waals surface area contributed by atoms with E-state index in [2.05, 4.69) is 31.9 Å². The maximum atomic E-state index is 12.2. The quantitative estimate of drug-likeness (QED) is 0.745. The van der Waals surface area contributed by atoms with Crippen LogP contribution in [0.15, 0.2) is 30.3 Å². The van der Waals surface area contributed by atoms with E-state index in [1.807, 2.05) is 0 Å². The fraction of sp³-hybridized carbons (Fsp3) is 0.300. The summed E-state index contributed by atoms with van der Waals surface area (Å²) in [6, 6.07) is 8.44. The molecule has 0 spiro atoms. The smallest absolute Gasteiger partial charge is 0.288 e. The van der Waals surface area contributed by atoms with E-state index in [0.717, 1.165) is 0 Å². The van der Waals surface area contributed by atoms with Crippen LogP contribution in [0.25, 0.3) is 0 Å². The van der Waals surface area contributed by atoms with Gasteiger partial charge in [0.25, 0.3) is 5.78 Å². The molecule has 0 radical (unpaired) electrons. The number of carbonyl (C=O) groups excluding carboxylic acids is 1. The minimum atomic E-state index is -4.82. The Balaban J connectivity index is 2.83. The maximum absolute atomic E-state index is 12.2. The number of benzene rings is 1.